The molecule has 0 saturated heterocycles. The molecule has 0 saturated carbocycles. The monoisotopic (exact) mass is 457 g/mol. The zero-order valence-electron chi connectivity index (χ0n) is 19.4. The van der Waals surface area contributed by atoms with Crippen LogP contribution in [0.2, 0.25) is 0 Å². The highest BCUT2D eigenvalue weighted by molar-refractivity contribution is 6.20. The standard InChI is InChI=1S/C30H23N3O2/c1-18(2)35-30-32-28(24-13-7-8-14-27(24)34)31-29(33-30)26-17-25-20-10-4-3-9-19(20)15-16-23(25)21-11-5-6-12-22(21)26/h3-18,34H,1-2H3. The second kappa shape index (κ2) is 8.37. The van der Waals surface area contributed by atoms with E-state index in [4.69, 9.17) is 14.7 Å². The average Bonchev–Trinajstić information content (AvgIpc) is 2.87. The van der Waals surface area contributed by atoms with Crippen molar-refractivity contribution in [2.45, 2.75) is 20.0 Å². The van der Waals surface area contributed by atoms with Crippen LogP contribution in [0, 0.1) is 0 Å². The molecule has 0 amide bonds. The number of aromatic hydroxyl groups is 1. The lowest BCUT2D eigenvalue weighted by Crippen LogP contribution is -2.10. The number of hydrogen-bond acceptors (Lipinski definition) is 5. The summed E-state index contributed by atoms with van der Waals surface area (Å²) in [6.45, 7) is 3.86. The molecular weight excluding hydrogens is 434 g/mol. The number of rotatable bonds is 4. The van der Waals surface area contributed by atoms with E-state index in [1.807, 2.05) is 26.0 Å². The lowest BCUT2D eigenvalue weighted by Gasteiger charge is -2.14. The van der Waals surface area contributed by atoms with Crippen LogP contribution in [0.3, 0.4) is 0 Å². The third kappa shape index (κ3) is 3.71. The van der Waals surface area contributed by atoms with Crippen LogP contribution < -0.4 is 4.74 Å². The summed E-state index contributed by atoms with van der Waals surface area (Å²) in [6, 6.07) is 30.4. The summed E-state index contributed by atoms with van der Waals surface area (Å²) in [5.41, 5.74) is 1.41. The molecule has 0 unspecified atom stereocenters. The van der Waals surface area contributed by atoms with E-state index in [1.165, 1.54) is 16.2 Å². The highest BCUT2D eigenvalue weighted by atomic mass is 16.5. The van der Waals surface area contributed by atoms with Crippen molar-refractivity contribution in [1.82, 2.24) is 15.0 Å². The van der Waals surface area contributed by atoms with Gasteiger partial charge in [-0.05, 0) is 64.4 Å². The molecule has 5 aromatic carbocycles. The van der Waals surface area contributed by atoms with Crippen molar-refractivity contribution in [3.8, 4) is 34.5 Å². The highest BCUT2D eigenvalue weighted by Crippen LogP contribution is 2.38. The molecule has 35 heavy (non-hydrogen) atoms. The summed E-state index contributed by atoms with van der Waals surface area (Å²) in [7, 11) is 0. The van der Waals surface area contributed by atoms with Crippen LogP contribution in [-0.4, -0.2) is 26.2 Å². The molecule has 1 N–H and O–H groups in total. The Morgan fingerprint density at radius 3 is 2.00 bits per heavy atom. The Bertz CT molecular complexity index is 1730. The molecule has 0 bridgehead atoms. The van der Waals surface area contributed by atoms with Crippen LogP contribution in [0.5, 0.6) is 11.8 Å². The van der Waals surface area contributed by atoms with Gasteiger partial charge in [-0.25, -0.2) is 4.98 Å². The van der Waals surface area contributed by atoms with E-state index >= 15 is 0 Å². The van der Waals surface area contributed by atoms with Crippen molar-refractivity contribution in [3.05, 3.63) is 91.0 Å². The summed E-state index contributed by atoms with van der Waals surface area (Å²) in [5, 5.41) is 17.3. The van der Waals surface area contributed by atoms with Crippen LogP contribution in [0.1, 0.15) is 13.8 Å². The van der Waals surface area contributed by atoms with Gasteiger partial charge < -0.3 is 9.84 Å². The second-order valence-electron chi connectivity index (χ2n) is 8.80. The summed E-state index contributed by atoms with van der Waals surface area (Å²) in [5.74, 6) is 0.972. The van der Waals surface area contributed by atoms with Gasteiger partial charge in [0, 0.05) is 5.56 Å². The molecule has 5 heteroatoms. The van der Waals surface area contributed by atoms with E-state index in [-0.39, 0.29) is 17.9 Å². The van der Waals surface area contributed by atoms with Gasteiger partial charge in [-0.1, -0.05) is 72.8 Å². The number of nitrogens with zero attached hydrogens (tertiary/aromatic N) is 3. The van der Waals surface area contributed by atoms with Gasteiger partial charge in [-0.15, -0.1) is 0 Å². The minimum Gasteiger partial charge on any atom is -0.507 e. The van der Waals surface area contributed by atoms with E-state index in [1.54, 1.807) is 18.2 Å². The molecule has 0 fully saturated rings. The average molecular weight is 458 g/mol. The fourth-order valence-corrected chi connectivity index (χ4v) is 4.57. The number of para-hydroxylation sites is 1. The smallest absolute Gasteiger partial charge is 0.320 e. The number of hydrogen-bond donors (Lipinski definition) is 1. The Morgan fingerprint density at radius 2 is 1.23 bits per heavy atom. The maximum atomic E-state index is 10.5. The normalized spacial score (nSPS) is 11.5. The maximum absolute atomic E-state index is 10.5. The number of benzene rings is 5. The van der Waals surface area contributed by atoms with E-state index < -0.39 is 0 Å². The molecule has 0 aliphatic heterocycles. The van der Waals surface area contributed by atoms with Crippen LogP contribution >= 0.6 is 0 Å². The van der Waals surface area contributed by atoms with Gasteiger partial charge in [-0.2, -0.15) is 9.97 Å². The Labute approximate surface area is 202 Å². The molecule has 1 heterocycles. The molecule has 170 valence electrons. The fraction of sp³-hybridized carbons (Fsp3) is 0.100. The highest BCUT2D eigenvalue weighted by Gasteiger charge is 2.18. The quantitative estimate of drug-likeness (QED) is 0.285. The predicted octanol–water partition coefficient (Wildman–Crippen LogP) is 7.16. The van der Waals surface area contributed by atoms with Crippen molar-refractivity contribution in [3.63, 3.8) is 0 Å². The molecule has 1 aromatic heterocycles. The minimum atomic E-state index is -0.111. The van der Waals surface area contributed by atoms with Crippen LogP contribution in [-0.2, 0) is 0 Å². The molecule has 0 aliphatic carbocycles. The third-order valence-corrected chi connectivity index (χ3v) is 6.11. The van der Waals surface area contributed by atoms with Gasteiger partial charge in [0.05, 0.1) is 11.7 Å². The van der Waals surface area contributed by atoms with Gasteiger partial charge >= 0.3 is 6.01 Å². The van der Waals surface area contributed by atoms with Crippen molar-refractivity contribution >= 4 is 32.3 Å². The summed E-state index contributed by atoms with van der Waals surface area (Å²) < 4.78 is 5.90. The first-order valence-corrected chi connectivity index (χ1v) is 11.6. The number of ether oxygens (including phenoxy) is 1. The number of phenolic OH excluding ortho intramolecular Hbond substituents is 1. The van der Waals surface area contributed by atoms with E-state index in [9.17, 15) is 5.11 Å². The summed E-state index contributed by atoms with van der Waals surface area (Å²) in [4.78, 5) is 14.0. The topological polar surface area (TPSA) is 68.1 Å². The first-order valence-electron chi connectivity index (χ1n) is 11.6. The Hall–Kier alpha value is -4.51. The number of aromatic nitrogens is 3. The molecular formula is C30H23N3O2. The van der Waals surface area contributed by atoms with Crippen molar-refractivity contribution < 1.29 is 9.84 Å². The Kier molecular flexibility index (Phi) is 5.03. The lowest BCUT2D eigenvalue weighted by atomic mass is 9.93. The van der Waals surface area contributed by atoms with Gasteiger partial charge in [0.15, 0.2) is 11.6 Å². The predicted molar refractivity (Wildman–Crippen MR) is 141 cm³/mol. The summed E-state index contributed by atoms with van der Waals surface area (Å²) in [6.07, 6.45) is -0.111. The third-order valence-electron chi connectivity index (χ3n) is 6.11. The molecule has 0 spiro atoms. The first kappa shape index (κ1) is 21.1. The Balaban J connectivity index is 1.69. The van der Waals surface area contributed by atoms with Crippen LogP contribution in [0.15, 0.2) is 91.0 Å². The van der Waals surface area contributed by atoms with Crippen LogP contribution in [0.25, 0.3) is 55.1 Å². The van der Waals surface area contributed by atoms with Gasteiger partial charge in [-0.3, -0.25) is 0 Å². The van der Waals surface area contributed by atoms with Gasteiger partial charge in [0.2, 0.25) is 0 Å². The van der Waals surface area contributed by atoms with Crippen molar-refractivity contribution in [2.24, 2.45) is 0 Å². The molecule has 6 rings (SSSR count). The molecule has 0 radical (unpaired) electrons. The second-order valence-corrected chi connectivity index (χ2v) is 8.80. The zero-order valence-corrected chi connectivity index (χ0v) is 19.4. The molecule has 0 aliphatic rings. The van der Waals surface area contributed by atoms with Crippen molar-refractivity contribution in [2.75, 3.05) is 0 Å². The fourth-order valence-electron chi connectivity index (χ4n) is 4.57. The van der Waals surface area contributed by atoms with Crippen molar-refractivity contribution in [1.29, 1.82) is 0 Å². The number of fused-ring (bicyclic) bond motifs is 5. The summed E-state index contributed by atoms with van der Waals surface area (Å²) >= 11 is 0. The zero-order chi connectivity index (χ0) is 23.9. The largest absolute Gasteiger partial charge is 0.507 e. The SMILES string of the molecule is CC(C)Oc1nc(-c2ccccc2O)nc(-c2cc3c4ccccc4ccc3c3ccccc23)n1. The first-order chi connectivity index (χ1) is 17.1. The molecule has 6 aromatic rings. The molecule has 0 atom stereocenters. The van der Waals surface area contributed by atoms with Gasteiger partial charge in [0.1, 0.15) is 5.75 Å². The van der Waals surface area contributed by atoms with E-state index in [0.717, 1.165) is 21.7 Å². The Morgan fingerprint density at radius 1 is 0.600 bits per heavy atom. The van der Waals surface area contributed by atoms with Crippen LogP contribution in [0.4, 0.5) is 0 Å². The van der Waals surface area contributed by atoms with E-state index in [2.05, 4.69) is 65.6 Å². The number of phenols is 1. The van der Waals surface area contributed by atoms with E-state index in [0.29, 0.717) is 17.2 Å². The maximum Gasteiger partial charge on any atom is 0.320 e. The van der Waals surface area contributed by atoms with Gasteiger partial charge in [0.25, 0.3) is 0 Å². The molecule has 5 nitrogen and oxygen atoms in total. The minimum absolute atomic E-state index is 0.106. The lowest BCUT2D eigenvalue weighted by molar-refractivity contribution is 0.222.